The minimum Gasteiger partial charge on any atom is -0.461 e. The zero-order valence-corrected chi connectivity index (χ0v) is 27.6. The van der Waals surface area contributed by atoms with E-state index in [-0.39, 0.29) is 29.6 Å². The van der Waals surface area contributed by atoms with Crippen LogP contribution in [0.2, 0.25) is 0 Å². The number of hydrogen-bond acceptors (Lipinski definition) is 5. The lowest BCUT2D eigenvalue weighted by Crippen LogP contribution is -2.61. The number of nitrogens with zero attached hydrogens (tertiary/aromatic N) is 2. The highest BCUT2D eigenvalue weighted by atomic mass is 16.5. The number of rotatable bonds is 6. The molecule has 6 heteroatoms. The third-order valence-corrected chi connectivity index (χ3v) is 14.1. The molecule has 0 spiro atoms. The van der Waals surface area contributed by atoms with Gasteiger partial charge in [-0.2, -0.15) is 0 Å². The Hall–Kier alpha value is -1.14. The smallest absolute Gasteiger partial charge is 0.306 e. The predicted octanol–water partition coefficient (Wildman–Crippen LogP) is 6.75. The topological polar surface area (TPSA) is 55.8 Å². The Bertz CT molecular complexity index is 989. The van der Waals surface area contributed by atoms with E-state index in [0.717, 1.165) is 36.3 Å². The number of quaternary nitrogens is 1. The summed E-state index contributed by atoms with van der Waals surface area (Å²) in [5.41, 5.74) is 0.372. The summed E-state index contributed by atoms with van der Waals surface area (Å²) in [6, 6.07) is 0.797. The molecule has 2 aliphatic heterocycles. The van der Waals surface area contributed by atoms with E-state index >= 15 is 0 Å². The molecule has 0 bridgehead atoms. The van der Waals surface area contributed by atoms with Crippen LogP contribution < -0.4 is 0 Å². The fourth-order valence-electron chi connectivity index (χ4n) is 11.9. The molecule has 42 heavy (non-hydrogen) atoms. The highest BCUT2D eigenvalue weighted by molar-refractivity contribution is 5.69. The Morgan fingerprint density at radius 1 is 0.881 bits per heavy atom. The molecule has 2 saturated heterocycles. The average Bonchev–Trinajstić information content (AvgIpc) is 3.26. The second-order valence-corrected chi connectivity index (χ2v) is 16.4. The molecule has 6 rings (SSSR count). The van der Waals surface area contributed by atoms with Crippen molar-refractivity contribution in [2.24, 2.45) is 34.5 Å². The Kier molecular flexibility index (Phi) is 8.81. The average molecular weight is 586 g/mol. The van der Waals surface area contributed by atoms with Crippen molar-refractivity contribution in [2.75, 3.05) is 33.2 Å². The molecule has 0 radical (unpaired) electrons. The fraction of sp³-hybridized carbons (Fsp3) is 0.944. The van der Waals surface area contributed by atoms with Crippen molar-refractivity contribution in [2.45, 2.75) is 148 Å². The van der Waals surface area contributed by atoms with Gasteiger partial charge in [0.15, 0.2) is 6.10 Å². The predicted molar refractivity (Wildman–Crippen MR) is 166 cm³/mol. The van der Waals surface area contributed by atoms with Crippen LogP contribution in [0.25, 0.3) is 0 Å². The summed E-state index contributed by atoms with van der Waals surface area (Å²) >= 11 is 0. The molecule has 6 aliphatic rings. The van der Waals surface area contributed by atoms with E-state index in [4.69, 9.17) is 9.47 Å². The summed E-state index contributed by atoms with van der Waals surface area (Å²) in [4.78, 5) is 28.0. The minimum absolute atomic E-state index is 0.0314. The fourth-order valence-corrected chi connectivity index (χ4v) is 11.9. The van der Waals surface area contributed by atoms with Crippen LogP contribution in [0.3, 0.4) is 0 Å². The van der Waals surface area contributed by atoms with Crippen LogP contribution in [0.15, 0.2) is 0 Å². The number of likely N-dealkylation sites (tertiary alicyclic amines) is 2. The Balaban J connectivity index is 1.29. The first-order valence-electron chi connectivity index (χ1n) is 18.0. The van der Waals surface area contributed by atoms with E-state index in [9.17, 15) is 9.59 Å². The van der Waals surface area contributed by atoms with Crippen molar-refractivity contribution >= 4 is 11.9 Å². The standard InChI is InChI=1S/C36H61N2O4/c1-6-13-33(40)42-34-31(38(5)20-11-8-12-21-38)23-29-27-15-14-26-22-32(41-25(2)39)30(37-18-9-7-10-19-37)24-36(26,4)28(27)16-17-35(29,34)3/h26-32,34H,6-24H2,1-5H3/q+1/t26-,27?,28?,29?,30?,31?,32-,34-,35-,36-/m0/s1. The number of hydrogen-bond donors (Lipinski definition) is 0. The lowest BCUT2D eigenvalue weighted by atomic mass is 9.44. The quantitative estimate of drug-likeness (QED) is 0.255. The molecule has 4 saturated carbocycles. The molecule has 0 N–H and O–H groups in total. The Morgan fingerprint density at radius 3 is 2.29 bits per heavy atom. The molecule has 10 atom stereocenters. The van der Waals surface area contributed by atoms with Crippen LogP contribution in [0.5, 0.6) is 0 Å². The lowest BCUT2D eigenvalue weighted by Gasteiger charge is -2.62. The molecule has 4 aliphatic carbocycles. The zero-order valence-electron chi connectivity index (χ0n) is 27.6. The first-order valence-corrected chi connectivity index (χ1v) is 18.0. The second kappa shape index (κ2) is 12.0. The summed E-state index contributed by atoms with van der Waals surface area (Å²) in [7, 11) is 2.49. The van der Waals surface area contributed by atoms with Crippen molar-refractivity contribution in [3.63, 3.8) is 0 Å². The number of ether oxygens (including phenoxy) is 2. The Morgan fingerprint density at radius 2 is 1.60 bits per heavy atom. The number of likely N-dealkylation sites (N-methyl/N-ethyl adjacent to an activating group) is 1. The normalized spacial score (nSPS) is 45.3. The van der Waals surface area contributed by atoms with Gasteiger partial charge in [-0.1, -0.05) is 27.2 Å². The molecule has 2 heterocycles. The van der Waals surface area contributed by atoms with Crippen molar-refractivity contribution in [1.29, 1.82) is 0 Å². The second-order valence-electron chi connectivity index (χ2n) is 16.4. The van der Waals surface area contributed by atoms with Crippen LogP contribution in [0, 0.1) is 34.5 Å². The van der Waals surface area contributed by atoms with Crippen LogP contribution in [0.4, 0.5) is 0 Å². The van der Waals surface area contributed by atoms with Gasteiger partial charge < -0.3 is 14.0 Å². The zero-order chi connectivity index (χ0) is 29.7. The first kappa shape index (κ1) is 30.9. The van der Waals surface area contributed by atoms with E-state index in [1.54, 1.807) is 6.92 Å². The van der Waals surface area contributed by atoms with Gasteiger partial charge in [-0.05, 0) is 119 Å². The maximum Gasteiger partial charge on any atom is 0.306 e. The SMILES string of the molecule is CCCC(=O)O[C@H]1C([N+]2(C)CCCCC2)CC2C3CC[C@H]4C[C@H](OC(C)=O)C(N5CCCCC5)C[C@]4(C)C3CC[C@@]21C. The third kappa shape index (κ3) is 5.37. The number of esters is 2. The van der Waals surface area contributed by atoms with Crippen LogP contribution in [-0.2, 0) is 19.1 Å². The molecule has 5 unspecified atom stereocenters. The van der Waals surface area contributed by atoms with Gasteiger partial charge in [-0.15, -0.1) is 0 Å². The van der Waals surface area contributed by atoms with E-state index < -0.39 is 0 Å². The molecular formula is C36H61N2O4+. The van der Waals surface area contributed by atoms with Crippen molar-refractivity contribution < 1.29 is 23.5 Å². The van der Waals surface area contributed by atoms with Crippen molar-refractivity contribution in [3.8, 4) is 0 Å². The van der Waals surface area contributed by atoms with Crippen molar-refractivity contribution in [3.05, 3.63) is 0 Å². The third-order valence-electron chi connectivity index (χ3n) is 14.1. The summed E-state index contributed by atoms with van der Waals surface area (Å²) in [5, 5.41) is 0. The molecule has 0 aromatic rings. The highest BCUT2D eigenvalue weighted by Crippen LogP contribution is 2.67. The van der Waals surface area contributed by atoms with Gasteiger partial charge >= 0.3 is 11.9 Å². The van der Waals surface area contributed by atoms with Gasteiger partial charge in [0.05, 0.1) is 20.1 Å². The number of piperidine rings is 2. The molecule has 238 valence electrons. The van der Waals surface area contributed by atoms with Crippen LogP contribution >= 0.6 is 0 Å². The summed E-state index contributed by atoms with van der Waals surface area (Å²) < 4.78 is 13.8. The lowest BCUT2D eigenvalue weighted by molar-refractivity contribution is -0.940. The van der Waals surface area contributed by atoms with Crippen LogP contribution in [0.1, 0.15) is 124 Å². The number of carbonyl (C=O) groups is 2. The monoisotopic (exact) mass is 585 g/mol. The van der Waals surface area contributed by atoms with Crippen LogP contribution in [-0.4, -0.2) is 78.8 Å². The summed E-state index contributed by atoms with van der Waals surface area (Å²) in [6.45, 7) is 13.6. The number of fused-ring (bicyclic) bond motifs is 5. The van der Waals surface area contributed by atoms with Gasteiger partial charge in [-0.25, -0.2) is 0 Å². The first-order chi connectivity index (χ1) is 20.1. The number of carbonyl (C=O) groups excluding carboxylic acids is 2. The van der Waals surface area contributed by atoms with Gasteiger partial charge in [0, 0.05) is 31.2 Å². The van der Waals surface area contributed by atoms with E-state index in [2.05, 4.69) is 32.7 Å². The maximum atomic E-state index is 13.1. The van der Waals surface area contributed by atoms with Gasteiger partial charge in [0.1, 0.15) is 12.1 Å². The maximum absolute atomic E-state index is 13.1. The summed E-state index contributed by atoms with van der Waals surface area (Å²) in [6.07, 6.45) is 17.7. The summed E-state index contributed by atoms with van der Waals surface area (Å²) in [5.74, 6) is 2.63. The minimum atomic E-state index is -0.109. The molecule has 0 aromatic carbocycles. The molecular weight excluding hydrogens is 524 g/mol. The largest absolute Gasteiger partial charge is 0.461 e. The molecule has 6 nitrogen and oxygen atoms in total. The molecule has 0 aromatic heterocycles. The van der Waals surface area contributed by atoms with E-state index in [0.29, 0.717) is 41.7 Å². The van der Waals surface area contributed by atoms with E-state index in [1.165, 1.54) is 90.1 Å². The molecule has 6 fully saturated rings. The van der Waals surface area contributed by atoms with E-state index in [1.807, 2.05) is 0 Å². The van der Waals surface area contributed by atoms with Crippen molar-refractivity contribution in [1.82, 2.24) is 4.90 Å². The highest BCUT2D eigenvalue weighted by Gasteiger charge is 2.67. The molecule has 0 amide bonds. The van der Waals surface area contributed by atoms with Gasteiger partial charge in [0.25, 0.3) is 0 Å². The Labute approximate surface area is 256 Å². The van der Waals surface area contributed by atoms with Gasteiger partial charge in [-0.3, -0.25) is 14.5 Å². The van der Waals surface area contributed by atoms with Gasteiger partial charge in [0.2, 0.25) is 0 Å².